The van der Waals surface area contributed by atoms with Crippen molar-refractivity contribution in [1.29, 1.82) is 0 Å². The summed E-state index contributed by atoms with van der Waals surface area (Å²) < 4.78 is 5.67. The van der Waals surface area contributed by atoms with Crippen molar-refractivity contribution in [2.75, 3.05) is 13.1 Å². The summed E-state index contributed by atoms with van der Waals surface area (Å²) in [4.78, 5) is 50.7. The first-order valence-electron chi connectivity index (χ1n) is 12.2. The molecule has 1 aliphatic rings. The predicted octanol–water partition coefficient (Wildman–Crippen LogP) is 2.15. The van der Waals surface area contributed by atoms with Crippen LogP contribution >= 0.6 is 0 Å². The summed E-state index contributed by atoms with van der Waals surface area (Å²) in [7, 11) is 0. The van der Waals surface area contributed by atoms with Gasteiger partial charge >= 0.3 is 11.9 Å². The second kappa shape index (κ2) is 11.7. The van der Waals surface area contributed by atoms with Crippen LogP contribution in [-0.4, -0.2) is 74.4 Å². The zero-order chi connectivity index (χ0) is 29.0. The number of ketones is 1. The molecule has 12 heteroatoms. The standard InChI is InChI=1S/C28H26N2O10/c31-16-8-6-14(7-9-16)28(39)40-22-5-2-10-29-13-18(22)30-26(36)17-3-1-4-19(32)23(17)25(35)24-20(33)11-15(27(37)38)12-21(24)34/h1,3-4,6-9,11-12,18,22,29,31-34H,2,5,10,13H2,(H,30,36)(H,37,38)/t18-,22+/m0/s1. The second-order valence-corrected chi connectivity index (χ2v) is 9.14. The van der Waals surface area contributed by atoms with Gasteiger partial charge in [0.15, 0.2) is 0 Å². The molecule has 7 N–H and O–H groups in total. The number of rotatable bonds is 7. The highest BCUT2D eigenvalue weighted by atomic mass is 16.5. The van der Waals surface area contributed by atoms with Crippen LogP contribution in [0.25, 0.3) is 0 Å². The lowest BCUT2D eigenvalue weighted by Gasteiger charge is -2.26. The second-order valence-electron chi connectivity index (χ2n) is 9.14. The molecular weight excluding hydrogens is 524 g/mol. The summed E-state index contributed by atoms with van der Waals surface area (Å²) in [5.41, 5.74) is -1.80. The maximum Gasteiger partial charge on any atom is 0.338 e. The molecule has 1 heterocycles. The van der Waals surface area contributed by atoms with Gasteiger partial charge in [0.2, 0.25) is 5.78 Å². The highest BCUT2D eigenvalue weighted by Gasteiger charge is 2.32. The van der Waals surface area contributed by atoms with Crippen LogP contribution < -0.4 is 10.6 Å². The van der Waals surface area contributed by atoms with Crippen molar-refractivity contribution in [2.24, 2.45) is 0 Å². The molecule has 1 aliphatic heterocycles. The van der Waals surface area contributed by atoms with Gasteiger partial charge in [-0.05, 0) is 67.9 Å². The molecule has 0 bridgehead atoms. The molecular formula is C28H26N2O10. The number of carbonyl (C=O) groups excluding carboxylic acids is 3. The molecule has 1 amide bonds. The molecule has 40 heavy (non-hydrogen) atoms. The molecule has 0 saturated carbocycles. The highest BCUT2D eigenvalue weighted by molar-refractivity contribution is 6.19. The number of carboxylic acid groups (broad SMARTS) is 1. The van der Waals surface area contributed by atoms with Crippen LogP contribution in [0.15, 0.2) is 54.6 Å². The van der Waals surface area contributed by atoms with Crippen molar-refractivity contribution >= 4 is 23.6 Å². The van der Waals surface area contributed by atoms with Crippen LogP contribution in [0.4, 0.5) is 0 Å². The number of aromatic hydroxyl groups is 4. The number of phenolic OH excluding ortho intramolecular Hbond substituents is 4. The van der Waals surface area contributed by atoms with E-state index in [0.29, 0.717) is 19.4 Å². The molecule has 0 unspecified atom stereocenters. The van der Waals surface area contributed by atoms with Gasteiger partial charge in [0, 0.05) is 6.54 Å². The number of esters is 1. The molecule has 4 rings (SSSR count). The molecule has 0 aromatic heterocycles. The number of phenols is 4. The van der Waals surface area contributed by atoms with E-state index in [4.69, 9.17) is 9.84 Å². The van der Waals surface area contributed by atoms with Crippen molar-refractivity contribution in [3.63, 3.8) is 0 Å². The Bertz CT molecular complexity index is 1450. The van der Waals surface area contributed by atoms with Gasteiger partial charge in [0.1, 0.15) is 34.7 Å². The monoisotopic (exact) mass is 550 g/mol. The van der Waals surface area contributed by atoms with Crippen LogP contribution in [0.5, 0.6) is 23.0 Å². The number of aromatic carboxylic acids is 1. The van der Waals surface area contributed by atoms with Crippen LogP contribution in [0, 0.1) is 0 Å². The van der Waals surface area contributed by atoms with Gasteiger partial charge in [-0.3, -0.25) is 9.59 Å². The fourth-order valence-corrected chi connectivity index (χ4v) is 4.41. The minimum atomic E-state index is -1.45. The lowest BCUT2D eigenvalue weighted by Crippen LogP contribution is -2.49. The normalized spacial score (nSPS) is 16.9. The van der Waals surface area contributed by atoms with E-state index in [9.17, 15) is 39.6 Å². The molecule has 3 aromatic rings. The molecule has 2 atom stereocenters. The zero-order valence-corrected chi connectivity index (χ0v) is 21.0. The average molecular weight is 551 g/mol. The SMILES string of the molecule is O=C(O)c1cc(O)c(C(=O)c2c(O)cccc2C(=O)N[C@H]2CNCCC[C@H]2OC(=O)c2ccc(O)cc2)c(O)c1. The smallest absolute Gasteiger partial charge is 0.338 e. The third kappa shape index (κ3) is 5.97. The van der Waals surface area contributed by atoms with Crippen LogP contribution in [0.3, 0.4) is 0 Å². The van der Waals surface area contributed by atoms with Gasteiger partial charge in [-0.2, -0.15) is 0 Å². The van der Waals surface area contributed by atoms with E-state index >= 15 is 0 Å². The summed E-state index contributed by atoms with van der Waals surface area (Å²) in [6, 6.07) is 9.99. The molecule has 1 fully saturated rings. The number of amides is 1. The Labute approximate surface area is 227 Å². The third-order valence-corrected chi connectivity index (χ3v) is 6.42. The maximum absolute atomic E-state index is 13.4. The van der Waals surface area contributed by atoms with Gasteiger partial charge in [0.25, 0.3) is 5.91 Å². The Morgan fingerprint density at radius 1 is 0.850 bits per heavy atom. The van der Waals surface area contributed by atoms with Gasteiger partial charge in [-0.25, -0.2) is 9.59 Å². The van der Waals surface area contributed by atoms with Crippen molar-refractivity contribution in [3.8, 4) is 23.0 Å². The predicted molar refractivity (Wildman–Crippen MR) is 139 cm³/mol. The molecule has 208 valence electrons. The van der Waals surface area contributed by atoms with Crippen molar-refractivity contribution in [1.82, 2.24) is 10.6 Å². The minimum Gasteiger partial charge on any atom is -0.508 e. The van der Waals surface area contributed by atoms with Crippen molar-refractivity contribution < 1.29 is 49.4 Å². The van der Waals surface area contributed by atoms with Crippen LogP contribution in [-0.2, 0) is 4.74 Å². The lowest BCUT2D eigenvalue weighted by atomic mass is 9.94. The van der Waals surface area contributed by atoms with Crippen molar-refractivity contribution in [3.05, 3.63) is 82.4 Å². The summed E-state index contributed by atoms with van der Waals surface area (Å²) in [5.74, 6) is -6.38. The van der Waals surface area contributed by atoms with Crippen LogP contribution in [0.2, 0.25) is 0 Å². The topological polar surface area (TPSA) is 203 Å². The fraction of sp³-hybridized carbons (Fsp3) is 0.214. The van der Waals surface area contributed by atoms with E-state index in [1.807, 2.05) is 0 Å². The third-order valence-electron chi connectivity index (χ3n) is 6.42. The quantitative estimate of drug-likeness (QED) is 0.168. The summed E-state index contributed by atoms with van der Waals surface area (Å²) in [5, 5.41) is 55.6. The minimum absolute atomic E-state index is 0.0173. The van der Waals surface area contributed by atoms with E-state index in [1.54, 1.807) is 0 Å². The van der Waals surface area contributed by atoms with E-state index < -0.39 is 69.7 Å². The Hall–Kier alpha value is -5.10. The maximum atomic E-state index is 13.4. The number of hydrogen-bond acceptors (Lipinski definition) is 10. The van der Waals surface area contributed by atoms with E-state index in [-0.39, 0.29) is 23.4 Å². The Kier molecular flexibility index (Phi) is 8.20. The van der Waals surface area contributed by atoms with Gasteiger partial charge in [-0.1, -0.05) is 6.07 Å². The zero-order valence-electron chi connectivity index (χ0n) is 21.0. The van der Waals surface area contributed by atoms with Gasteiger partial charge in [-0.15, -0.1) is 0 Å². The summed E-state index contributed by atoms with van der Waals surface area (Å²) in [6.07, 6.45) is 0.291. The molecule has 0 spiro atoms. The Morgan fingerprint density at radius 3 is 2.17 bits per heavy atom. The molecule has 3 aromatic carbocycles. The van der Waals surface area contributed by atoms with Gasteiger partial charge < -0.3 is 40.9 Å². The van der Waals surface area contributed by atoms with E-state index in [1.165, 1.54) is 36.4 Å². The molecule has 1 saturated heterocycles. The molecule has 0 aliphatic carbocycles. The first kappa shape index (κ1) is 27.9. The number of ether oxygens (including phenoxy) is 1. The van der Waals surface area contributed by atoms with Gasteiger partial charge in [0.05, 0.1) is 28.3 Å². The molecule has 0 radical (unpaired) electrons. The van der Waals surface area contributed by atoms with Crippen molar-refractivity contribution in [2.45, 2.75) is 25.0 Å². The first-order valence-corrected chi connectivity index (χ1v) is 12.2. The Balaban J connectivity index is 1.61. The van der Waals surface area contributed by atoms with E-state index in [2.05, 4.69) is 10.6 Å². The highest BCUT2D eigenvalue weighted by Crippen LogP contribution is 2.34. The number of carboxylic acids is 1. The summed E-state index contributed by atoms with van der Waals surface area (Å²) in [6.45, 7) is 0.819. The number of hydrogen-bond donors (Lipinski definition) is 7. The average Bonchev–Trinajstić information content (AvgIpc) is 3.12. The summed E-state index contributed by atoms with van der Waals surface area (Å²) >= 11 is 0. The number of carbonyl (C=O) groups is 4. The van der Waals surface area contributed by atoms with E-state index in [0.717, 1.165) is 18.2 Å². The van der Waals surface area contributed by atoms with Crippen LogP contribution in [0.1, 0.15) is 59.8 Å². The number of benzene rings is 3. The number of nitrogens with one attached hydrogen (secondary N) is 2. The first-order chi connectivity index (χ1) is 19.1. The Morgan fingerprint density at radius 2 is 1.52 bits per heavy atom. The fourth-order valence-electron chi connectivity index (χ4n) is 4.41. The lowest BCUT2D eigenvalue weighted by molar-refractivity contribution is 0.0192. The largest absolute Gasteiger partial charge is 0.508 e. The molecule has 12 nitrogen and oxygen atoms in total.